The molecule has 0 bridgehead atoms. The van der Waals surface area contributed by atoms with E-state index in [-0.39, 0.29) is 13.0 Å². The van der Waals surface area contributed by atoms with Crippen molar-refractivity contribution >= 4 is 18.7 Å². The zero-order chi connectivity index (χ0) is 8.69. The van der Waals surface area contributed by atoms with Crippen LogP contribution in [0.4, 0.5) is 0 Å². The van der Waals surface area contributed by atoms with Crippen molar-refractivity contribution in [2.24, 2.45) is 0 Å². The second kappa shape index (κ2) is 5.40. The van der Waals surface area contributed by atoms with Crippen LogP contribution < -0.4 is 5.32 Å². The molecule has 0 saturated carbocycles. The first kappa shape index (κ1) is 9.61. The SMILES string of the molecule is CCOC(=O)[C@@H](C=O)NC=O. The van der Waals surface area contributed by atoms with Crippen LogP contribution in [-0.4, -0.2) is 31.3 Å². The standard InChI is InChI=1S/C6H9NO4/c1-2-11-6(10)5(3-8)7-4-9/h3-5H,2H2,1H3,(H,7,9)/t5-/m1/s1. The number of nitrogens with one attached hydrogen (secondary N) is 1. The van der Waals surface area contributed by atoms with Gasteiger partial charge in [-0.3, -0.25) is 4.79 Å². The summed E-state index contributed by atoms with van der Waals surface area (Å²) < 4.78 is 4.46. The molecule has 0 rings (SSSR count). The van der Waals surface area contributed by atoms with Crippen molar-refractivity contribution in [2.45, 2.75) is 13.0 Å². The van der Waals surface area contributed by atoms with Crippen LogP contribution in [0, 0.1) is 0 Å². The topological polar surface area (TPSA) is 72.5 Å². The molecule has 0 aromatic carbocycles. The quantitative estimate of drug-likeness (QED) is 0.313. The minimum Gasteiger partial charge on any atom is -0.464 e. The molecule has 0 aliphatic heterocycles. The van der Waals surface area contributed by atoms with E-state index in [9.17, 15) is 14.4 Å². The minimum atomic E-state index is -1.17. The van der Waals surface area contributed by atoms with E-state index in [0.29, 0.717) is 6.29 Å². The Balaban J connectivity index is 3.90. The fourth-order valence-electron chi connectivity index (χ4n) is 0.468. The Morgan fingerprint density at radius 2 is 2.27 bits per heavy atom. The molecular formula is C6H9NO4. The van der Waals surface area contributed by atoms with Gasteiger partial charge in [-0.2, -0.15) is 0 Å². The van der Waals surface area contributed by atoms with Crippen molar-refractivity contribution in [3.05, 3.63) is 0 Å². The van der Waals surface area contributed by atoms with Crippen molar-refractivity contribution in [3.63, 3.8) is 0 Å². The molecule has 0 spiro atoms. The fraction of sp³-hybridized carbons (Fsp3) is 0.500. The smallest absolute Gasteiger partial charge is 0.336 e. The average Bonchev–Trinajstić information content (AvgIpc) is 2.00. The van der Waals surface area contributed by atoms with Gasteiger partial charge in [-0.25, -0.2) is 4.79 Å². The van der Waals surface area contributed by atoms with Crippen molar-refractivity contribution in [1.29, 1.82) is 0 Å². The minimum absolute atomic E-state index is 0.184. The van der Waals surface area contributed by atoms with E-state index in [2.05, 4.69) is 4.74 Å². The summed E-state index contributed by atoms with van der Waals surface area (Å²) in [5.41, 5.74) is 0. The van der Waals surface area contributed by atoms with Crippen molar-refractivity contribution in [3.8, 4) is 0 Å². The Hall–Kier alpha value is -1.39. The fourth-order valence-corrected chi connectivity index (χ4v) is 0.468. The van der Waals surface area contributed by atoms with E-state index in [1.54, 1.807) is 6.92 Å². The first-order valence-electron chi connectivity index (χ1n) is 3.07. The maximum Gasteiger partial charge on any atom is 0.336 e. The lowest BCUT2D eigenvalue weighted by Gasteiger charge is -2.06. The van der Waals surface area contributed by atoms with Crippen LogP contribution in [0.3, 0.4) is 0 Å². The number of rotatable bonds is 5. The van der Waals surface area contributed by atoms with Gasteiger partial charge in [0.05, 0.1) is 6.61 Å². The highest BCUT2D eigenvalue weighted by Gasteiger charge is 2.16. The maximum absolute atomic E-state index is 10.7. The molecule has 1 N–H and O–H groups in total. The Morgan fingerprint density at radius 1 is 1.64 bits per heavy atom. The van der Waals surface area contributed by atoms with Crippen LogP contribution in [0.25, 0.3) is 0 Å². The lowest BCUT2D eigenvalue weighted by molar-refractivity contribution is -0.147. The van der Waals surface area contributed by atoms with E-state index in [1.165, 1.54) is 0 Å². The molecule has 0 radical (unpaired) electrons. The lowest BCUT2D eigenvalue weighted by atomic mass is 10.3. The second-order valence-corrected chi connectivity index (χ2v) is 1.65. The molecule has 0 aromatic heterocycles. The Labute approximate surface area is 63.7 Å². The van der Waals surface area contributed by atoms with E-state index >= 15 is 0 Å². The van der Waals surface area contributed by atoms with Gasteiger partial charge in [0.1, 0.15) is 0 Å². The third-order valence-electron chi connectivity index (χ3n) is 0.924. The van der Waals surface area contributed by atoms with Gasteiger partial charge in [-0.1, -0.05) is 0 Å². The highest BCUT2D eigenvalue weighted by Crippen LogP contribution is 1.83. The summed E-state index contributed by atoms with van der Waals surface area (Å²) in [6.45, 7) is 1.80. The van der Waals surface area contributed by atoms with Gasteiger partial charge in [-0.05, 0) is 6.92 Å². The second-order valence-electron chi connectivity index (χ2n) is 1.65. The summed E-state index contributed by atoms with van der Waals surface area (Å²) in [7, 11) is 0. The van der Waals surface area contributed by atoms with Crippen LogP contribution in [0.2, 0.25) is 0 Å². The Bertz CT molecular complexity index is 157. The van der Waals surface area contributed by atoms with Gasteiger partial charge >= 0.3 is 5.97 Å². The van der Waals surface area contributed by atoms with Crippen molar-refractivity contribution in [2.75, 3.05) is 6.61 Å². The monoisotopic (exact) mass is 159 g/mol. The number of hydrogen-bond acceptors (Lipinski definition) is 4. The zero-order valence-electron chi connectivity index (χ0n) is 6.07. The largest absolute Gasteiger partial charge is 0.464 e. The van der Waals surface area contributed by atoms with Gasteiger partial charge in [0.2, 0.25) is 6.41 Å². The maximum atomic E-state index is 10.7. The molecule has 1 amide bonds. The Kier molecular flexibility index (Phi) is 4.72. The van der Waals surface area contributed by atoms with Crippen LogP contribution in [0.1, 0.15) is 6.92 Å². The molecule has 0 saturated heterocycles. The molecular weight excluding hydrogens is 150 g/mol. The number of hydrogen-bond donors (Lipinski definition) is 1. The van der Waals surface area contributed by atoms with Crippen LogP contribution >= 0.6 is 0 Å². The zero-order valence-corrected chi connectivity index (χ0v) is 6.07. The van der Waals surface area contributed by atoms with E-state index in [1.807, 2.05) is 5.32 Å². The number of carbonyl (C=O) groups is 3. The first-order chi connectivity index (χ1) is 5.26. The van der Waals surface area contributed by atoms with E-state index < -0.39 is 12.0 Å². The highest BCUT2D eigenvalue weighted by atomic mass is 16.5. The molecule has 5 heteroatoms. The van der Waals surface area contributed by atoms with Crippen LogP contribution in [0.15, 0.2) is 0 Å². The van der Waals surface area contributed by atoms with Crippen LogP contribution in [-0.2, 0) is 19.1 Å². The van der Waals surface area contributed by atoms with Crippen molar-refractivity contribution < 1.29 is 19.1 Å². The number of aldehydes is 1. The third-order valence-corrected chi connectivity index (χ3v) is 0.924. The summed E-state index contributed by atoms with van der Waals surface area (Å²) in [6, 6.07) is -1.17. The molecule has 0 fully saturated rings. The molecule has 0 unspecified atom stereocenters. The van der Waals surface area contributed by atoms with E-state index in [4.69, 9.17) is 0 Å². The van der Waals surface area contributed by atoms with Crippen molar-refractivity contribution in [1.82, 2.24) is 5.32 Å². The van der Waals surface area contributed by atoms with Gasteiger partial charge in [0.25, 0.3) is 0 Å². The van der Waals surface area contributed by atoms with Gasteiger partial charge < -0.3 is 14.8 Å². The molecule has 0 aromatic rings. The average molecular weight is 159 g/mol. The molecule has 0 aliphatic rings. The normalized spacial score (nSPS) is 11.4. The number of carbonyl (C=O) groups excluding carboxylic acids is 3. The van der Waals surface area contributed by atoms with Crippen LogP contribution in [0.5, 0.6) is 0 Å². The molecule has 0 heterocycles. The number of esters is 1. The summed E-state index contributed by atoms with van der Waals surface area (Å²) in [4.78, 5) is 30.6. The molecule has 1 atom stereocenters. The first-order valence-corrected chi connectivity index (χ1v) is 3.07. The highest BCUT2D eigenvalue weighted by molar-refractivity contribution is 5.93. The number of ether oxygens (including phenoxy) is 1. The van der Waals surface area contributed by atoms with Gasteiger partial charge in [0.15, 0.2) is 12.3 Å². The molecule has 5 nitrogen and oxygen atoms in total. The summed E-state index contributed by atoms with van der Waals surface area (Å²) in [5.74, 6) is -0.741. The molecule has 62 valence electrons. The Morgan fingerprint density at radius 3 is 2.64 bits per heavy atom. The van der Waals surface area contributed by atoms with Gasteiger partial charge in [-0.15, -0.1) is 0 Å². The molecule has 0 aliphatic carbocycles. The third kappa shape index (κ3) is 3.34. The predicted octanol–water partition coefficient (Wildman–Crippen LogP) is -1.14. The summed E-state index contributed by atoms with van der Waals surface area (Å²) in [6.07, 6.45) is 0.586. The lowest BCUT2D eigenvalue weighted by Crippen LogP contribution is -2.38. The summed E-state index contributed by atoms with van der Waals surface area (Å²) >= 11 is 0. The van der Waals surface area contributed by atoms with Gasteiger partial charge in [0, 0.05) is 0 Å². The molecule has 11 heavy (non-hydrogen) atoms. The predicted molar refractivity (Wildman–Crippen MR) is 35.7 cm³/mol. The van der Waals surface area contributed by atoms with E-state index in [0.717, 1.165) is 0 Å². The summed E-state index contributed by atoms with van der Waals surface area (Å²) in [5, 5.41) is 1.99. The number of amides is 1.